The number of hydrogen-bond donors (Lipinski definition) is 3. The molecular weight excluding hydrogens is 210 g/mol. The van der Waals surface area contributed by atoms with Gasteiger partial charge >= 0.3 is 0 Å². The van der Waals surface area contributed by atoms with E-state index in [1.807, 2.05) is 13.0 Å². The van der Waals surface area contributed by atoms with Crippen LogP contribution in [0.5, 0.6) is 0 Å². The highest BCUT2D eigenvalue weighted by Crippen LogP contribution is 2.15. The molecule has 15 heavy (non-hydrogen) atoms. The summed E-state index contributed by atoms with van der Waals surface area (Å²) in [5, 5.41) is 2.33. The normalized spacial score (nSPS) is 11.9. The highest BCUT2D eigenvalue weighted by molar-refractivity contribution is 7.80. The quantitative estimate of drug-likeness (QED) is 0.644. The van der Waals surface area contributed by atoms with Crippen molar-refractivity contribution in [2.75, 3.05) is 0 Å². The fourth-order valence-electron chi connectivity index (χ4n) is 1.28. The first-order valence-electron chi connectivity index (χ1n) is 4.47. The largest absolute Gasteiger partial charge is 0.376 e. The maximum absolute atomic E-state index is 11.6. The zero-order chi connectivity index (χ0) is 11.4. The molecule has 0 aliphatic rings. The molecule has 4 nitrogen and oxygen atoms in total. The predicted molar refractivity (Wildman–Crippen MR) is 63.3 cm³/mol. The minimum atomic E-state index is -0.324. The van der Waals surface area contributed by atoms with Gasteiger partial charge in [0.15, 0.2) is 5.11 Å². The van der Waals surface area contributed by atoms with E-state index in [9.17, 15) is 4.79 Å². The summed E-state index contributed by atoms with van der Waals surface area (Å²) >= 11 is 4.60. The molecule has 5 N–H and O–H groups in total. The molecule has 0 saturated heterocycles. The van der Waals surface area contributed by atoms with Crippen LogP contribution in [-0.2, 0) is 0 Å². The van der Waals surface area contributed by atoms with Crippen molar-refractivity contribution < 1.29 is 4.79 Å². The van der Waals surface area contributed by atoms with Gasteiger partial charge in [-0.05, 0) is 30.8 Å². The first-order chi connectivity index (χ1) is 7.02. The Morgan fingerprint density at radius 2 is 2.07 bits per heavy atom. The molecule has 1 amide bonds. The number of carbonyl (C=O) groups excluding carboxylic acids is 1. The maximum Gasteiger partial charge on any atom is 0.257 e. The Kier molecular flexibility index (Phi) is 3.76. The summed E-state index contributed by atoms with van der Waals surface area (Å²) < 4.78 is 0. The number of benzene rings is 1. The minimum Gasteiger partial charge on any atom is -0.376 e. The van der Waals surface area contributed by atoms with Crippen molar-refractivity contribution in [3.63, 3.8) is 0 Å². The number of nitrogens with one attached hydrogen (secondary N) is 1. The fraction of sp³-hybridized carbons (Fsp3) is 0.200. The second-order valence-corrected chi connectivity index (χ2v) is 3.63. The third-order valence-electron chi connectivity index (χ3n) is 1.93. The van der Waals surface area contributed by atoms with E-state index in [0.29, 0.717) is 5.56 Å². The van der Waals surface area contributed by atoms with Crippen LogP contribution in [0, 0.1) is 0 Å². The van der Waals surface area contributed by atoms with Gasteiger partial charge in [0.25, 0.3) is 5.91 Å². The number of nitrogens with two attached hydrogens (primary N) is 2. The van der Waals surface area contributed by atoms with Crippen LogP contribution in [0.2, 0.25) is 0 Å². The molecular formula is C10H13N3OS. The molecule has 0 saturated carbocycles. The molecule has 0 heterocycles. The standard InChI is InChI=1S/C10H13N3OS/c1-6(11)7-4-2-3-5-8(7)9(14)13-10(12)15/h2-6H,11H2,1H3,(H3,12,13,14,15). The lowest BCUT2D eigenvalue weighted by Crippen LogP contribution is -2.35. The van der Waals surface area contributed by atoms with Crippen molar-refractivity contribution >= 4 is 23.2 Å². The summed E-state index contributed by atoms with van der Waals surface area (Å²) in [5.41, 5.74) is 12.2. The maximum atomic E-state index is 11.6. The Hall–Kier alpha value is -1.46. The lowest BCUT2D eigenvalue weighted by atomic mass is 10.0. The van der Waals surface area contributed by atoms with Gasteiger partial charge in [-0.15, -0.1) is 0 Å². The Labute approximate surface area is 93.6 Å². The average molecular weight is 223 g/mol. The van der Waals surface area contributed by atoms with Gasteiger partial charge in [-0.2, -0.15) is 0 Å². The van der Waals surface area contributed by atoms with E-state index in [1.165, 1.54) is 0 Å². The van der Waals surface area contributed by atoms with Crippen LogP contribution in [0.1, 0.15) is 28.9 Å². The van der Waals surface area contributed by atoms with Gasteiger partial charge < -0.3 is 11.5 Å². The predicted octanol–water partition coefficient (Wildman–Crippen LogP) is 0.680. The molecule has 1 atom stereocenters. The van der Waals surface area contributed by atoms with Crippen LogP contribution in [0.3, 0.4) is 0 Å². The topological polar surface area (TPSA) is 81.1 Å². The van der Waals surface area contributed by atoms with Gasteiger partial charge in [0.05, 0.1) is 0 Å². The Balaban J connectivity index is 3.02. The first-order valence-corrected chi connectivity index (χ1v) is 4.88. The van der Waals surface area contributed by atoms with Crippen LogP contribution >= 0.6 is 12.2 Å². The monoisotopic (exact) mass is 223 g/mol. The summed E-state index contributed by atoms with van der Waals surface area (Å²) in [4.78, 5) is 11.6. The number of thiocarbonyl (C=S) groups is 1. The number of hydrogen-bond acceptors (Lipinski definition) is 3. The number of amides is 1. The van der Waals surface area contributed by atoms with Crippen molar-refractivity contribution in [1.82, 2.24) is 5.32 Å². The lowest BCUT2D eigenvalue weighted by Gasteiger charge is -2.11. The van der Waals surface area contributed by atoms with E-state index >= 15 is 0 Å². The highest BCUT2D eigenvalue weighted by atomic mass is 32.1. The van der Waals surface area contributed by atoms with E-state index in [4.69, 9.17) is 11.5 Å². The Morgan fingerprint density at radius 3 is 2.60 bits per heavy atom. The summed E-state index contributed by atoms with van der Waals surface area (Å²) in [6.45, 7) is 1.81. The minimum absolute atomic E-state index is 0.0422. The van der Waals surface area contributed by atoms with Gasteiger partial charge in [0, 0.05) is 11.6 Å². The van der Waals surface area contributed by atoms with E-state index in [2.05, 4.69) is 17.5 Å². The molecule has 0 radical (unpaired) electrons. The van der Waals surface area contributed by atoms with E-state index < -0.39 is 0 Å². The smallest absolute Gasteiger partial charge is 0.257 e. The molecule has 1 aromatic rings. The average Bonchev–Trinajstić information content (AvgIpc) is 2.16. The van der Waals surface area contributed by atoms with Crippen molar-refractivity contribution in [3.05, 3.63) is 35.4 Å². The van der Waals surface area contributed by atoms with Crippen molar-refractivity contribution in [1.29, 1.82) is 0 Å². The molecule has 0 bridgehead atoms. The summed E-state index contributed by atoms with van der Waals surface area (Å²) in [6.07, 6.45) is 0. The molecule has 1 unspecified atom stereocenters. The van der Waals surface area contributed by atoms with Crippen LogP contribution in [-0.4, -0.2) is 11.0 Å². The zero-order valence-corrected chi connectivity index (χ0v) is 9.17. The second kappa shape index (κ2) is 4.86. The van der Waals surface area contributed by atoms with E-state index in [0.717, 1.165) is 5.56 Å². The Bertz CT molecular complexity index is 390. The van der Waals surface area contributed by atoms with Gasteiger partial charge in [-0.3, -0.25) is 10.1 Å². The first kappa shape index (κ1) is 11.6. The second-order valence-electron chi connectivity index (χ2n) is 3.19. The van der Waals surface area contributed by atoms with E-state index in [-0.39, 0.29) is 17.1 Å². The summed E-state index contributed by atoms with van der Waals surface area (Å²) in [6, 6.07) is 6.88. The van der Waals surface area contributed by atoms with Crippen molar-refractivity contribution in [2.45, 2.75) is 13.0 Å². The lowest BCUT2D eigenvalue weighted by molar-refractivity contribution is 0.0976. The molecule has 0 fully saturated rings. The van der Waals surface area contributed by atoms with E-state index in [1.54, 1.807) is 18.2 Å². The molecule has 1 rings (SSSR count). The third kappa shape index (κ3) is 3.00. The van der Waals surface area contributed by atoms with Gasteiger partial charge in [0.2, 0.25) is 0 Å². The summed E-state index contributed by atoms with van der Waals surface area (Å²) in [5.74, 6) is -0.324. The fourth-order valence-corrected chi connectivity index (χ4v) is 1.37. The van der Waals surface area contributed by atoms with Crippen LogP contribution in [0.15, 0.2) is 24.3 Å². The van der Waals surface area contributed by atoms with Gasteiger partial charge in [-0.1, -0.05) is 18.2 Å². The summed E-state index contributed by atoms with van der Waals surface area (Å²) in [7, 11) is 0. The third-order valence-corrected chi connectivity index (χ3v) is 2.03. The molecule has 0 aliphatic heterocycles. The van der Waals surface area contributed by atoms with Crippen LogP contribution in [0.25, 0.3) is 0 Å². The van der Waals surface area contributed by atoms with Crippen molar-refractivity contribution in [2.24, 2.45) is 11.5 Å². The molecule has 0 spiro atoms. The van der Waals surface area contributed by atoms with Crippen LogP contribution < -0.4 is 16.8 Å². The zero-order valence-electron chi connectivity index (χ0n) is 8.36. The molecule has 5 heteroatoms. The van der Waals surface area contributed by atoms with Gasteiger partial charge in [0.1, 0.15) is 0 Å². The SMILES string of the molecule is CC(N)c1ccccc1C(=O)NC(N)=S. The van der Waals surface area contributed by atoms with Crippen LogP contribution in [0.4, 0.5) is 0 Å². The Morgan fingerprint density at radius 1 is 1.47 bits per heavy atom. The van der Waals surface area contributed by atoms with Gasteiger partial charge in [-0.25, -0.2) is 0 Å². The van der Waals surface area contributed by atoms with Crippen molar-refractivity contribution in [3.8, 4) is 0 Å². The molecule has 1 aromatic carbocycles. The number of carbonyl (C=O) groups is 1. The molecule has 80 valence electrons. The molecule has 0 aromatic heterocycles. The number of rotatable bonds is 2. The highest BCUT2D eigenvalue weighted by Gasteiger charge is 2.13. The molecule has 0 aliphatic carbocycles.